The number of aromatic nitrogens is 4. The molecule has 0 unspecified atom stereocenters. The zero-order chi connectivity index (χ0) is 44.6. The number of carbonyl (C=O) groups excluding carboxylic acids is 2. The van der Waals surface area contributed by atoms with E-state index < -0.39 is 28.9 Å². The molecule has 20 heteroatoms. The molecule has 65 heavy (non-hydrogen) atoms. The van der Waals surface area contributed by atoms with E-state index in [1.807, 2.05) is 0 Å². The predicted octanol–water partition coefficient (Wildman–Crippen LogP) is 6.40. The lowest BCUT2D eigenvalue weighted by molar-refractivity contribution is -0.131. The summed E-state index contributed by atoms with van der Waals surface area (Å²) in [4.78, 5) is 44.1. The topological polar surface area (TPSA) is 202 Å². The molecule has 4 aromatic carbocycles. The van der Waals surface area contributed by atoms with Crippen LogP contribution in [0.25, 0.3) is 21.8 Å². The van der Waals surface area contributed by atoms with Crippen molar-refractivity contribution < 1.29 is 65.7 Å². The number of hydrogen-bond acceptors (Lipinski definition) is 16. The number of amides is 2. The number of hydrogen-bond donors (Lipinski definition) is 2. The normalized spacial score (nSPS) is 16.7. The Balaban J connectivity index is 0.842. The zero-order valence-electron chi connectivity index (χ0n) is 34.8. The van der Waals surface area contributed by atoms with Crippen LogP contribution in [0.15, 0.2) is 73.3 Å². The van der Waals surface area contributed by atoms with Crippen LogP contribution in [0.5, 0.6) is 46.3 Å². The summed E-state index contributed by atoms with van der Waals surface area (Å²) in [5.41, 5.74) is -0.379. The summed E-state index contributed by atoms with van der Waals surface area (Å²) in [6.07, 6.45) is 2.99. The molecule has 3 aliphatic rings. The summed E-state index contributed by atoms with van der Waals surface area (Å²) in [6.45, 7) is 4.13. The average molecular weight is 897 g/mol. The fourth-order valence-electron chi connectivity index (χ4n) is 6.90. The van der Waals surface area contributed by atoms with Crippen LogP contribution in [0.2, 0.25) is 0 Å². The maximum Gasteiger partial charge on any atom is 0.240 e. The van der Waals surface area contributed by atoms with E-state index >= 15 is 8.78 Å². The Morgan fingerprint density at radius 2 is 0.862 bits per heavy atom. The zero-order valence-corrected chi connectivity index (χ0v) is 34.8. The number of carbonyl (C=O) groups is 2. The van der Waals surface area contributed by atoms with Gasteiger partial charge in [0.15, 0.2) is 46.1 Å². The number of benzene rings is 4. The lowest BCUT2D eigenvalue weighted by Gasteiger charge is -2.17. The van der Waals surface area contributed by atoms with Gasteiger partial charge >= 0.3 is 0 Å². The molecule has 338 valence electrons. The minimum atomic E-state index is -1.46. The lowest BCUT2D eigenvalue weighted by Crippen LogP contribution is -2.35. The average Bonchev–Trinajstić information content (AvgIpc) is 4.11. The highest BCUT2D eigenvalue weighted by Crippen LogP contribution is 2.48. The fourth-order valence-corrected chi connectivity index (χ4v) is 6.90. The first-order valence-corrected chi connectivity index (χ1v) is 20.8. The third kappa shape index (κ3) is 10.2. The first-order valence-electron chi connectivity index (χ1n) is 20.8. The molecule has 0 atom stereocenters. The number of fused-ring (bicyclic) bond motifs is 4. The van der Waals surface area contributed by atoms with Gasteiger partial charge in [0, 0.05) is 35.6 Å². The highest BCUT2D eigenvalue weighted by atomic mass is 19.1. The molecule has 18 nitrogen and oxygen atoms in total. The minimum absolute atomic E-state index is 0.0494. The molecule has 0 saturated heterocycles. The van der Waals surface area contributed by atoms with Gasteiger partial charge in [0.1, 0.15) is 44.5 Å². The van der Waals surface area contributed by atoms with Crippen molar-refractivity contribution in [2.24, 2.45) is 5.41 Å². The van der Waals surface area contributed by atoms with E-state index in [2.05, 4.69) is 30.6 Å². The van der Waals surface area contributed by atoms with E-state index in [-0.39, 0.29) is 73.9 Å². The Kier molecular flexibility index (Phi) is 13.2. The standard InChI is InChI=1S/C45H42F2N6O12/c46-31-19-27(1-3-35(31)64-41-29-21-37-39(23-33(29)48-25-50-41)62-17-13-58-9-7-56-11-15-60-37)52-43(54)45(5-6-45)44(55)53-28-2-4-36(32(47)20-28)65-42-30-22-38-40(24-34(30)49-26-51-42)63-18-14-59-10-8-57-12-16-61-38/h1-4,19-26H,5-18H2,(H,52,54)(H,53,55). The van der Waals surface area contributed by atoms with Crippen LogP contribution < -0.4 is 39.1 Å². The van der Waals surface area contributed by atoms with E-state index in [1.165, 1.54) is 36.9 Å². The molecule has 6 aromatic rings. The summed E-state index contributed by atoms with van der Waals surface area (Å²) in [5, 5.41) is 6.12. The number of nitrogens with zero attached hydrogens (tertiary/aromatic N) is 4. The van der Waals surface area contributed by atoms with E-state index in [1.54, 1.807) is 24.3 Å². The molecule has 9 rings (SSSR count). The number of halogens is 2. The summed E-state index contributed by atoms with van der Waals surface area (Å²) >= 11 is 0. The molecule has 1 saturated carbocycles. The van der Waals surface area contributed by atoms with Gasteiger partial charge in [-0.15, -0.1) is 0 Å². The van der Waals surface area contributed by atoms with E-state index in [4.69, 9.17) is 47.4 Å². The van der Waals surface area contributed by atoms with Gasteiger partial charge in [-0.3, -0.25) is 9.59 Å². The number of rotatable bonds is 8. The number of ether oxygens (including phenoxy) is 10. The Morgan fingerprint density at radius 1 is 0.492 bits per heavy atom. The Bertz CT molecular complexity index is 2530. The van der Waals surface area contributed by atoms with Crippen LogP contribution in [-0.2, 0) is 28.5 Å². The summed E-state index contributed by atoms with van der Waals surface area (Å²) in [6, 6.07) is 14.3. The molecule has 0 spiro atoms. The Labute approximate surface area is 369 Å². The van der Waals surface area contributed by atoms with Crippen molar-refractivity contribution in [2.45, 2.75) is 12.8 Å². The smallest absolute Gasteiger partial charge is 0.240 e. The maximum atomic E-state index is 15.6. The fraction of sp³-hybridized carbons (Fsp3) is 0.333. The quantitative estimate of drug-likeness (QED) is 0.159. The third-order valence-corrected chi connectivity index (χ3v) is 10.4. The van der Waals surface area contributed by atoms with Gasteiger partial charge in [0.25, 0.3) is 0 Å². The molecular weight excluding hydrogens is 855 g/mol. The highest BCUT2D eigenvalue weighted by molar-refractivity contribution is 6.17. The summed E-state index contributed by atoms with van der Waals surface area (Å²) in [5.74, 6) is -1.55. The molecule has 1 fully saturated rings. The summed E-state index contributed by atoms with van der Waals surface area (Å²) in [7, 11) is 0. The number of anilines is 2. The minimum Gasteiger partial charge on any atom is -0.487 e. The Hall–Kier alpha value is -7.00. The van der Waals surface area contributed by atoms with Crippen LogP contribution in [-0.4, -0.2) is 111 Å². The van der Waals surface area contributed by atoms with Gasteiger partial charge in [-0.05, 0) is 49.2 Å². The van der Waals surface area contributed by atoms with Crippen molar-refractivity contribution in [1.29, 1.82) is 0 Å². The molecular formula is C45H42F2N6O12. The first-order chi connectivity index (χ1) is 31.8. The summed E-state index contributed by atoms with van der Waals surface area (Å²) < 4.78 is 88.6. The Morgan fingerprint density at radius 3 is 1.23 bits per heavy atom. The molecule has 2 N–H and O–H groups in total. The molecule has 2 aliphatic heterocycles. The molecule has 0 bridgehead atoms. The van der Waals surface area contributed by atoms with Crippen molar-refractivity contribution in [3.05, 3.63) is 85.0 Å². The van der Waals surface area contributed by atoms with Crippen LogP contribution >= 0.6 is 0 Å². The second-order valence-corrected chi connectivity index (χ2v) is 14.8. The van der Waals surface area contributed by atoms with Crippen LogP contribution in [0.3, 0.4) is 0 Å². The van der Waals surface area contributed by atoms with E-state index in [0.717, 1.165) is 12.1 Å². The molecule has 2 amide bonds. The third-order valence-electron chi connectivity index (χ3n) is 10.4. The predicted molar refractivity (Wildman–Crippen MR) is 226 cm³/mol. The van der Waals surface area contributed by atoms with Gasteiger partial charge in [-0.25, -0.2) is 28.7 Å². The highest BCUT2D eigenvalue weighted by Gasteiger charge is 2.56. The molecule has 1 aliphatic carbocycles. The van der Waals surface area contributed by atoms with Gasteiger partial charge in [-0.2, -0.15) is 0 Å². The second-order valence-electron chi connectivity index (χ2n) is 14.8. The van der Waals surface area contributed by atoms with E-state index in [0.29, 0.717) is 97.7 Å². The van der Waals surface area contributed by atoms with Crippen LogP contribution in [0.1, 0.15) is 12.8 Å². The SMILES string of the molecule is O=C(Nc1ccc(Oc2ncnc3cc4c(cc23)OCCOCCOCCO4)c(F)c1)C1(C(=O)Nc2ccc(Oc3ncnc4cc5c(cc34)OCCOCCOCCO5)c(F)c2)CC1. The van der Waals surface area contributed by atoms with Gasteiger partial charge in [0.2, 0.25) is 23.6 Å². The largest absolute Gasteiger partial charge is 0.487 e. The monoisotopic (exact) mass is 896 g/mol. The second kappa shape index (κ2) is 19.8. The first kappa shape index (κ1) is 43.3. The van der Waals surface area contributed by atoms with Gasteiger partial charge in [0.05, 0.1) is 74.7 Å². The molecule has 4 heterocycles. The molecule has 0 radical (unpaired) electrons. The van der Waals surface area contributed by atoms with E-state index in [9.17, 15) is 9.59 Å². The van der Waals surface area contributed by atoms with Crippen LogP contribution in [0, 0.1) is 17.0 Å². The van der Waals surface area contributed by atoms with Crippen molar-refractivity contribution in [2.75, 3.05) is 89.9 Å². The van der Waals surface area contributed by atoms with Crippen LogP contribution in [0.4, 0.5) is 20.2 Å². The lowest BCUT2D eigenvalue weighted by atomic mass is 10.0. The van der Waals surface area contributed by atoms with Crippen molar-refractivity contribution in [3.63, 3.8) is 0 Å². The van der Waals surface area contributed by atoms with Crippen molar-refractivity contribution >= 4 is 45.0 Å². The number of nitrogens with one attached hydrogen (secondary N) is 2. The molecule has 2 aromatic heterocycles. The van der Waals surface area contributed by atoms with Gasteiger partial charge < -0.3 is 58.0 Å². The maximum absolute atomic E-state index is 15.6. The van der Waals surface area contributed by atoms with Crippen molar-refractivity contribution in [1.82, 2.24) is 19.9 Å². The van der Waals surface area contributed by atoms with Crippen molar-refractivity contribution in [3.8, 4) is 46.3 Å². The van der Waals surface area contributed by atoms with Gasteiger partial charge in [-0.1, -0.05) is 0 Å².